The Labute approximate surface area is 132 Å². The zero-order valence-electron chi connectivity index (χ0n) is 12.0. The van der Waals surface area contributed by atoms with Crippen molar-refractivity contribution >= 4 is 32.7 Å². The van der Waals surface area contributed by atoms with E-state index in [0.717, 1.165) is 40.9 Å². The van der Waals surface area contributed by atoms with Gasteiger partial charge in [-0.15, -0.1) is 0 Å². The van der Waals surface area contributed by atoms with Gasteiger partial charge in [0, 0.05) is 16.6 Å². The van der Waals surface area contributed by atoms with Crippen LogP contribution in [-0.2, 0) is 13.0 Å². The zero-order chi connectivity index (χ0) is 14.8. The monoisotopic (exact) mass is 343 g/mol. The van der Waals surface area contributed by atoms with E-state index in [0.29, 0.717) is 0 Å². The van der Waals surface area contributed by atoms with E-state index in [2.05, 4.69) is 51.7 Å². The number of para-hydroxylation sites is 2. The summed E-state index contributed by atoms with van der Waals surface area (Å²) in [5.74, 6) is 1.14. The van der Waals surface area contributed by atoms with Crippen LogP contribution in [-0.4, -0.2) is 9.55 Å². The molecule has 0 unspecified atom stereocenters. The van der Waals surface area contributed by atoms with Crippen LogP contribution in [0.3, 0.4) is 0 Å². The predicted molar refractivity (Wildman–Crippen MR) is 91.4 cm³/mol. The SMILES string of the molecule is CCCc1nc2ccccc2n1Cc1ccc(N)cc1Br. The third-order valence-electron chi connectivity index (χ3n) is 3.61. The number of benzene rings is 2. The van der Waals surface area contributed by atoms with Crippen molar-refractivity contribution in [2.45, 2.75) is 26.3 Å². The number of nitrogen functional groups attached to an aromatic ring is 1. The van der Waals surface area contributed by atoms with Crippen LogP contribution in [0.5, 0.6) is 0 Å². The highest BCUT2D eigenvalue weighted by Gasteiger charge is 2.11. The number of fused-ring (bicyclic) bond motifs is 1. The van der Waals surface area contributed by atoms with Gasteiger partial charge in [-0.1, -0.05) is 41.1 Å². The molecule has 0 atom stereocenters. The molecular formula is C17H18BrN3. The average molecular weight is 344 g/mol. The molecule has 21 heavy (non-hydrogen) atoms. The number of nitrogens with two attached hydrogens (primary N) is 1. The molecule has 0 spiro atoms. The van der Waals surface area contributed by atoms with Gasteiger partial charge < -0.3 is 10.3 Å². The van der Waals surface area contributed by atoms with Gasteiger partial charge in [-0.05, 0) is 36.2 Å². The molecule has 0 aliphatic heterocycles. The van der Waals surface area contributed by atoms with Crippen LogP contribution in [0, 0.1) is 0 Å². The van der Waals surface area contributed by atoms with Crippen LogP contribution in [0.4, 0.5) is 5.69 Å². The molecule has 0 bridgehead atoms. The van der Waals surface area contributed by atoms with Gasteiger partial charge in [0.1, 0.15) is 5.82 Å². The summed E-state index contributed by atoms with van der Waals surface area (Å²) in [5.41, 5.74) is 10.1. The van der Waals surface area contributed by atoms with Crippen LogP contribution < -0.4 is 5.73 Å². The molecule has 0 radical (unpaired) electrons. The van der Waals surface area contributed by atoms with Gasteiger partial charge in [0.15, 0.2) is 0 Å². The maximum absolute atomic E-state index is 5.82. The van der Waals surface area contributed by atoms with Crippen LogP contribution in [0.1, 0.15) is 24.7 Å². The summed E-state index contributed by atoms with van der Waals surface area (Å²) in [6.45, 7) is 2.99. The molecule has 0 fully saturated rings. The summed E-state index contributed by atoms with van der Waals surface area (Å²) in [4.78, 5) is 4.77. The van der Waals surface area contributed by atoms with Crippen molar-refractivity contribution in [1.82, 2.24) is 9.55 Å². The van der Waals surface area contributed by atoms with Gasteiger partial charge in [-0.2, -0.15) is 0 Å². The second-order valence-corrected chi connectivity index (χ2v) is 6.06. The van der Waals surface area contributed by atoms with E-state index in [4.69, 9.17) is 10.7 Å². The number of rotatable bonds is 4. The quantitative estimate of drug-likeness (QED) is 0.714. The van der Waals surface area contributed by atoms with Crippen molar-refractivity contribution in [1.29, 1.82) is 0 Å². The second kappa shape index (κ2) is 5.90. The normalized spacial score (nSPS) is 11.1. The second-order valence-electron chi connectivity index (χ2n) is 5.20. The first-order valence-electron chi connectivity index (χ1n) is 7.17. The Kier molecular flexibility index (Phi) is 3.97. The summed E-state index contributed by atoms with van der Waals surface area (Å²) in [5, 5.41) is 0. The Morgan fingerprint density at radius 3 is 2.76 bits per heavy atom. The Morgan fingerprint density at radius 2 is 2.00 bits per heavy atom. The number of hydrogen-bond acceptors (Lipinski definition) is 2. The van der Waals surface area contributed by atoms with Crippen LogP contribution in [0.15, 0.2) is 46.9 Å². The Hall–Kier alpha value is -1.81. The fourth-order valence-corrected chi connectivity index (χ4v) is 3.10. The summed E-state index contributed by atoms with van der Waals surface area (Å²) >= 11 is 3.61. The van der Waals surface area contributed by atoms with Gasteiger partial charge in [0.25, 0.3) is 0 Å². The molecule has 2 aromatic carbocycles. The number of anilines is 1. The molecule has 4 heteroatoms. The molecule has 108 valence electrons. The molecule has 0 amide bonds. The number of aryl methyl sites for hydroxylation is 1. The highest BCUT2D eigenvalue weighted by Crippen LogP contribution is 2.24. The molecule has 1 heterocycles. The van der Waals surface area contributed by atoms with Crippen molar-refractivity contribution in [2.75, 3.05) is 5.73 Å². The smallest absolute Gasteiger partial charge is 0.110 e. The highest BCUT2D eigenvalue weighted by atomic mass is 79.9. The predicted octanol–water partition coefficient (Wildman–Crippen LogP) is 4.38. The standard InChI is InChI=1S/C17H18BrN3/c1-2-5-17-20-15-6-3-4-7-16(15)21(17)11-12-8-9-13(19)10-14(12)18/h3-4,6-10H,2,5,11,19H2,1H3. The first-order chi connectivity index (χ1) is 10.2. The lowest BCUT2D eigenvalue weighted by Crippen LogP contribution is -2.06. The summed E-state index contributed by atoms with van der Waals surface area (Å²) in [7, 11) is 0. The molecule has 0 aliphatic rings. The van der Waals surface area contributed by atoms with Gasteiger partial charge in [-0.25, -0.2) is 4.98 Å². The van der Waals surface area contributed by atoms with Gasteiger partial charge in [-0.3, -0.25) is 0 Å². The zero-order valence-corrected chi connectivity index (χ0v) is 13.6. The van der Waals surface area contributed by atoms with Crippen molar-refractivity contribution in [3.63, 3.8) is 0 Å². The van der Waals surface area contributed by atoms with E-state index in [1.54, 1.807) is 0 Å². The van der Waals surface area contributed by atoms with Crippen LogP contribution in [0.25, 0.3) is 11.0 Å². The third-order valence-corrected chi connectivity index (χ3v) is 4.35. The van der Waals surface area contributed by atoms with E-state index in [1.807, 2.05) is 18.2 Å². The Bertz CT molecular complexity index is 777. The molecule has 3 nitrogen and oxygen atoms in total. The minimum atomic E-state index is 0.773. The largest absolute Gasteiger partial charge is 0.399 e. The summed E-state index contributed by atoms with van der Waals surface area (Å²) in [6.07, 6.45) is 2.08. The number of halogens is 1. The Morgan fingerprint density at radius 1 is 1.19 bits per heavy atom. The first kappa shape index (κ1) is 14.1. The lowest BCUT2D eigenvalue weighted by atomic mass is 10.2. The highest BCUT2D eigenvalue weighted by molar-refractivity contribution is 9.10. The van der Waals surface area contributed by atoms with E-state index in [-0.39, 0.29) is 0 Å². The molecule has 3 rings (SSSR count). The fourth-order valence-electron chi connectivity index (χ4n) is 2.58. The lowest BCUT2D eigenvalue weighted by Gasteiger charge is -2.11. The Balaban J connectivity index is 2.07. The fraction of sp³-hybridized carbons (Fsp3) is 0.235. The first-order valence-corrected chi connectivity index (χ1v) is 7.96. The summed E-state index contributed by atoms with van der Waals surface area (Å²) < 4.78 is 3.34. The van der Waals surface area contributed by atoms with Crippen LogP contribution in [0.2, 0.25) is 0 Å². The minimum absolute atomic E-state index is 0.773. The molecule has 0 saturated carbocycles. The summed E-state index contributed by atoms with van der Waals surface area (Å²) in [6, 6.07) is 14.3. The minimum Gasteiger partial charge on any atom is -0.399 e. The molecule has 3 aromatic rings. The van der Waals surface area contributed by atoms with Crippen molar-refractivity contribution in [2.24, 2.45) is 0 Å². The van der Waals surface area contributed by atoms with Crippen LogP contribution >= 0.6 is 15.9 Å². The number of aromatic nitrogens is 2. The molecule has 0 saturated heterocycles. The maximum atomic E-state index is 5.82. The van der Waals surface area contributed by atoms with Crippen molar-refractivity contribution in [3.05, 3.63) is 58.3 Å². The molecule has 2 N–H and O–H groups in total. The van der Waals surface area contributed by atoms with Gasteiger partial charge >= 0.3 is 0 Å². The average Bonchev–Trinajstić information content (AvgIpc) is 2.80. The van der Waals surface area contributed by atoms with E-state index < -0.39 is 0 Å². The van der Waals surface area contributed by atoms with E-state index in [1.165, 1.54) is 11.1 Å². The number of nitrogens with zero attached hydrogens (tertiary/aromatic N) is 2. The number of imidazole rings is 1. The topological polar surface area (TPSA) is 43.8 Å². The maximum Gasteiger partial charge on any atom is 0.110 e. The molecule has 1 aromatic heterocycles. The van der Waals surface area contributed by atoms with E-state index in [9.17, 15) is 0 Å². The number of hydrogen-bond donors (Lipinski definition) is 1. The molecule has 0 aliphatic carbocycles. The molecular weight excluding hydrogens is 326 g/mol. The van der Waals surface area contributed by atoms with Crippen molar-refractivity contribution in [3.8, 4) is 0 Å². The third kappa shape index (κ3) is 2.81. The van der Waals surface area contributed by atoms with E-state index >= 15 is 0 Å². The van der Waals surface area contributed by atoms with Gasteiger partial charge in [0.2, 0.25) is 0 Å². The van der Waals surface area contributed by atoms with Crippen molar-refractivity contribution < 1.29 is 0 Å². The lowest BCUT2D eigenvalue weighted by molar-refractivity contribution is 0.720. The van der Waals surface area contributed by atoms with Gasteiger partial charge in [0.05, 0.1) is 17.6 Å².